The van der Waals surface area contributed by atoms with Gasteiger partial charge in [0.2, 0.25) is 0 Å². The average molecular weight is 581 g/mol. The number of ether oxygens (including phenoxy) is 4. The van der Waals surface area contributed by atoms with Gasteiger partial charge in [-0.2, -0.15) is 0 Å². The summed E-state index contributed by atoms with van der Waals surface area (Å²) in [4.78, 5) is 68.2. The molecule has 10 nitrogen and oxygen atoms in total. The molecule has 6 rings (SSSR count). The van der Waals surface area contributed by atoms with E-state index in [9.17, 15) is 24.0 Å². The zero-order valence-corrected chi connectivity index (χ0v) is 24.8. The van der Waals surface area contributed by atoms with Crippen LogP contribution in [-0.2, 0) is 42.9 Å². The van der Waals surface area contributed by atoms with E-state index in [-0.39, 0.29) is 30.0 Å². The Labute approximate surface area is 243 Å². The third-order valence-electron chi connectivity index (χ3n) is 11.4. The number of fused-ring (bicyclic) bond motifs is 3. The van der Waals surface area contributed by atoms with Crippen LogP contribution in [0.15, 0.2) is 46.8 Å². The number of allylic oxidation sites excluding steroid dienone is 3. The molecule has 0 bridgehead atoms. The van der Waals surface area contributed by atoms with Gasteiger partial charge in [0, 0.05) is 23.7 Å². The zero-order chi connectivity index (χ0) is 30.6. The number of carbonyl (C=O) groups excluding carboxylic acids is 5. The molecule has 1 spiro atoms. The van der Waals surface area contributed by atoms with Crippen LogP contribution < -0.4 is 0 Å². The number of carbonyl (C=O) groups is 5. The summed E-state index contributed by atoms with van der Waals surface area (Å²) in [6, 6.07) is 1.84. The highest BCUT2D eigenvalue weighted by atomic mass is 16.6. The summed E-state index contributed by atoms with van der Waals surface area (Å²) < 4.78 is 28.9. The first kappa shape index (κ1) is 28.6. The molecule has 1 aliphatic heterocycles. The lowest BCUT2D eigenvalue weighted by atomic mass is 9.37. The van der Waals surface area contributed by atoms with Crippen molar-refractivity contribution in [1.29, 1.82) is 0 Å². The smallest absolute Gasteiger partial charge is 0.323 e. The molecule has 1 aromatic heterocycles. The van der Waals surface area contributed by atoms with Crippen molar-refractivity contribution in [2.75, 3.05) is 13.7 Å². The van der Waals surface area contributed by atoms with E-state index in [0.29, 0.717) is 6.42 Å². The Kier molecular flexibility index (Phi) is 5.95. The highest BCUT2D eigenvalue weighted by Gasteiger charge is 2.91. The van der Waals surface area contributed by atoms with Gasteiger partial charge in [-0.05, 0) is 62.5 Å². The van der Waals surface area contributed by atoms with E-state index in [1.165, 1.54) is 33.1 Å². The van der Waals surface area contributed by atoms with E-state index < -0.39 is 68.9 Å². The van der Waals surface area contributed by atoms with Crippen molar-refractivity contribution >= 4 is 29.5 Å². The number of hydrogen-bond acceptors (Lipinski definition) is 10. The Morgan fingerprint density at radius 2 is 1.81 bits per heavy atom. The highest BCUT2D eigenvalue weighted by molar-refractivity contribution is 6.15. The van der Waals surface area contributed by atoms with Gasteiger partial charge in [0.1, 0.15) is 23.0 Å². The average Bonchev–Trinajstić information content (AvgIpc) is 3.29. The van der Waals surface area contributed by atoms with Gasteiger partial charge in [-0.1, -0.05) is 19.9 Å². The summed E-state index contributed by atoms with van der Waals surface area (Å²) in [5.74, 6) is -5.14. The standard InChI is InChI=1S/C32H36O10/c1-8-40-26(36)23-24(41-16(2)33)25-28(3)11-9-20(34)29(4,27(37)38-7)19(28)14-21(35)31(25,6)32-22(42-32)13-18(30(23,32)5)17-10-12-39-15-17/h9-12,14-15,18,22-25H,8,13H2,1-7H3/t18-,22+,23+,24+,25+,28-,29-,30+,31+,32+/m0/s1. The van der Waals surface area contributed by atoms with Crippen LogP contribution in [0.25, 0.3) is 0 Å². The van der Waals surface area contributed by atoms with E-state index in [2.05, 4.69) is 0 Å². The van der Waals surface area contributed by atoms with Crippen LogP contribution in [0.4, 0.5) is 0 Å². The van der Waals surface area contributed by atoms with Crippen molar-refractivity contribution in [1.82, 2.24) is 0 Å². The molecule has 42 heavy (non-hydrogen) atoms. The first-order valence-electron chi connectivity index (χ1n) is 14.3. The van der Waals surface area contributed by atoms with Crippen LogP contribution in [0.2, 0.25) is 0 Å². The molecule has 224 valence electrons. The first-order chi connectivity index (χ1) is 19.7. The van der Waals surface area contributed by atoms with E-state index in [4.69, 9.17) is 23.4 Å². The predicted molar refractivity (Wildman–Crippen MR) is 145 cm³/mol. The van der Waals surface area contributed by atoms with Gasteiger partial charge in [-0.25, -0.2) is 0 Å². The normalized spacial score (nSPS) is 44.6. The van der Waals surface area contributed by atoms with Crippen LogP contribution in [-0.4, -0.2) is 61.0 Å². The molecular weight excluding hydrogens is 544 g/mol. The number of epoxide rings is 1. The van der Waals surface area contributed by atoms with Crippen LogP contribution in [0.3, 0.4) is 0 Å². The lowest BCUT2D eigenvalue weighted by Gasteiger charge is -2.65. The second-order valence-electron chi connectivity index (χ2n) is 13.0. The van der Waals surface area contributed by atoms with Crippen molar-refractivity contribution in [3.05, 3.63) is 48.0 Å². The zero-order valence-electron chi connectivity index (χ0n) is 24.8. The molecule has 1 aromatic rings. The van der Waals surface area contributed by atoms with E-state index in [1.807, 2.05) is 26.8 Å². The topological polar surface area (TPSA) is 139 Å². The van der Waals surface area contributed by atoms with Crippen LogP contribution in [0, 0.1) is 33.5 Å². The second kappa shape index (κ2) is 8.75. The number of rotatable bonds is 5. The van der Waals surface area contributed by atoms with Gasteiger partial charge >= 0.3 is 17.9 Å². The largest absolute Gasteiger partial charge is 0.472 e. The van der Waals surface area contributed by atoms with Crippen molar-refractivity contribution in [2.24, 2.45) is 33.5 Å². The first-order valence-corrected chi connectivity index (χ1v) is 14.3. The molecule has 2 heterocycles. The Morgan fingerprint density at radius 3 is 2.40 bits per heavy atom. The minimum Gasteiger partial charge on any atom is -0.472 e. The Bertz CT molecular complexity index is 1470. The van der Waals surface area contributed by atoms with Crippen molar-refractivity contribution in [3.8, 4) is 0 Å². The van der Waals surface area contributed by atoms with Crippen LogP contribution in [0.5, 0.6) is 0 Å². The van der Waals surface area contributed by atoms with Gasteiger partial charge in [0.05, 0.1) is 37.8 Å². The van der Waals surface area contributed by atoms with Gasteiger partial charge < -0.3 is 23.4 Å². The molecule has 4 aliphatic carbocycles. The molecule has 1 saturated heterocycles. The van der Waals surface area contributed by atoms with Gasteiger partial charge in [-0.3, -0.25) is 24.0 Å². The molecule has 5 aliphatic rings. The fourth-order valence-electron chi connectivity index (χ4n) is 9.77. The minimum absolute atomic E-state index is 0.0873. The number of methoxy groups -OCH3 is 1. The molecule has 0 radical (unpaired) electrons. The Morgan fingerprint density at radius 1 is 1.10 bits per heavy atom. The third-order valence-corrected chi connectivity index (χ3v) is 11.4. The summed E-state index contributed by atoms with van der Waals surface area (Å²) in [7, 11) is 1.19. The monoisotopic (exact) mass is 580 g/mol. The van der Waals surface area contributed by atoms with Gasteiger partial charge in [0.25, 0.3) is 0 Å². The maximum Gasteiger partial charge on any atom is 0.323 e. The van der Waals surface area contributed by atoms with Crippen molar-refractivity contribution in [3.63, 3.8) is 0 Å². The van der Waals surface area contributed by atoms with Gasteiger partial charge in [-0.15, -0.1) is 0 Å². The molecule has 0 amide bonds. The van der Waals surface area contributed by atoms with Crippen molar-refractivity contribution in [2.45, 2.75) is 71.7 Å². The lowest BCUT2D eigenvalue weighted by Crippen LogP contribution is -2.74. The minimum atomic E-state index is -1.80. The molecule has 0 N–H and O–H groups in total. The number of ketones is 2. The van der Waals surface area contributed by atoms with Crippen LogP contribution in [0.1, 0.15) is 59.4 Å². The fraction of sp³-hybridized carbons (Fsp3) is 0.594. The molecule has 0 aromatic carbocycles. The Hall–Kier alpha value is -3.53. The maximum atomic E-state index is 14.7. The molecule has 3 fully saturated rings. The second-order valence-corrected chi connectivity index (χ2v) is 13.0. The lowest BCUT2D eigenvalue weighted by molar-refractivity contribution is -0.227. The number of esters is 3. The predicted octanol–water partition coefficient (Wildman–Crippen LogP) is 3.49. The van der Waals surface area contributed by atoms with Crippen LogP contribution >= 0.6 is 0 Å². The molecule has 0 unspecified atom stereocenters. The fourth-order valence-corrected chi connectivity index (χ4v) is 9.77. The molecule has 2 saturated carbocycles. The summed E-state index contributed by atoms with van der Waals surface area (Å²) >= 11 is 0. The quantitative estimate of drug-likeness (QED) is 0.220. The summed E-state index contributed by atoms with van der Waals surface area (Å²) in [6.07, 6.45) is 6.54. The molecule has 10 heteroatoms. The van der Waals surface area contributed by atoms with E-state index in [0.717, 1.165) is 5.56 Å². The summed E-state index contributed by atoms with van der Waals surface area (Å²) in [5.41, 5.74) is -5.43. The molecular formula is C32H36O10. The SMILES string of the molecule is CCOC(=O)[C@H]1[C@@H](OC(C)=O)[C@@H]2[C@@]3(C)C=CC(=O)[C@@](C)(C(=O)OC)C3=CC(=O)[C@@]2(C)[C@@]23O[C@@H]2C[C@@H](c2ccoc2)[C@]13C. The third kappa shape index (κ3) is 3.01. The van der Waals surface area contributed by atoms with E-state index in [1.54, 1.807) is 25.5 Å². The number of hydrogen-bond donors (Lipinski definition) is 0. The Balaban J connectivity index is 1.68. The maximum absolute atomic E-state index is 14.7. The summed E-state index contributed by atoms with van der Waals surface area (Å²) in [5, 5.41) is 0. The van der Waals surface area contributed by atoms with E-state index >= 15 is 0 Å². The highest BCUT2D eigenvalue weighted by Crippen LogP contribution is 2.82. The van der Waals surface area contributed by atoms with Crippen molar-refractivity contribution < 1.29 is 47.3 Å². The number of furan rings is 1. The van der Waals surface area contributed by atoms with Gasteiger partial charge in [0.15, 0.2) is 11.6 Å². The molecule has 10 atom stereocenters. The summed E-state index contributed by atoms with van der Waals surface area (Å²) in [6.45, 7) is 10.0.